The zero-order valence-electron chi connectivity index (χ0n) is 11.7. The van der Waals surface area contributed by atoms with Crippen LogP contribution < -0.4 is 0 Å². The van der Waals surface area contributed by atoms with E-state index in [1.54, 1.807) is 19.1 Å². The van der Waals surface area contributed by atoms with E-state index in [1.165, 1.54) is 6.42 Å². The van der Waals surface area contributed by atoms with E-state index in [4.69, 9.17) is 4.42 Å². The van der Waals surface area contributed by atoms with E-state index in [1.807, 2.05) is 0 Å². The lowest BCUT2D eigenvalue weighted by atomic mass is 10.0. The summed E-state index contributed by atoms with van der Waals surface area (Å²) in [6.07, 6.45) is 3.34. The lowest BCUT2D eigenvalue weighted by molar-refractivity contribution is 0.0698. The molecule has 0 radical (unpaired) electrons. The summed E-state index contributed by atoms with van der Waals surface area (Å²) in [6, 6.07) is 3.72. The number of benzene rings is 1. The van der Waals surface area contributed by atoms with Crippen molar-refractivity contribution in [1.82, 2.24) is 9.88 Å². The highest BCUT2D eigenvalue weighted by Gasteiger charge is 2.27. The summed E-state index contributed by atoms with van der Waals surface area (Å²) in [7, 11) is 2.06. The number of nitrogens with zero attached hydrogens (tertiary/aromatic N) is 2. The number of rotatable bonds is 2. The first-order valence-corrected chi connectivity index (χ1v) is 6.91. The molecule has 0 saturated carbocycles. The van der Waals surface area contributed by atoms with Gasteiger partial charge in [0.2, 0.25) is 5.89 Å². The van der Waals surface area contributed by atoms with E-state index < -0.39 is 5.97 Å². The number of aromatic carboxylic acids is 1. The fourth-order valence-electron chi connectivity index (χ4n) is 2.91. The van der Waals surface area contributed by atoms with Gasteiger partial charge in [0.05, 0.1) is 11.6 Å². The van der Waals surface area contributed by atoms with E-state index in [0.29, 0.717) is 22.6 Å². The van der Waals surface area contributed by atoms with Crippen molar-refractivity contribution in [3.8, 4) is 0 Å². The normalized spacial score (nSPS) is 20.4. The SMILES string of the molecule is Cc1ccc2oc(C3CCCCN3C)nc2c1C(=O)O. The van der Waals surface area contributed by atoms with E-state index in [2.05, 4.69) is 16.9 Å². The topological polar surface area (TPSA) is 66.6 Å². The number of aromatic nitrogens is 1. The number of aryl methyl sites for hydroxylation is 1. The maximum Gasteiger partial charge on any atom is 0.338 e. The molecular weight excluding hydrogens is 256 g/mol. The number of carboxylic acid groups (broad SMARTS) is 1. The summed E-state index contributed by atoms with van der Waals surface area (Å²) in [5.74, 6) is -0.319. The van der Waals surface area contributed by atoms with Gasteiger partial charge in [-0.3, -0.25) is 4.90 Å². The van der Waals surface area contributed by atoms with Gasteiger partial charge in [-0.2, -0.15) is 0 Å². The predicted octanol–water partition coefficient (Wildman–Crippen LogP) is 2.99. The Labute approximate surface area is 117 Å². The van der Waals surface area contributed by atoms with Gasteiger partial charge in [-0.25, -0.2) is 9.78 Å². The van der Waals surface area contributed by atoms with Crippen molar-refractivity contribution >= 4 is 17.1 Å². The van der Waals surface area contributed by atoms with Crippen molar-refractivity contribution in [2.45, 2.75) is 32.2 Å². The molecule has 0 aliphatic carbocycles. The molecule has 5 nitrogen and oxygen atoms in total. The minimum Gasteiger partial charge on any atom is -0.478 e. The van der Waals surface area contributed by atoms with Crippen LogP contribution in [0.25, 0.3) is 11.1 Å². The summed E-state index contributed by atoms with van der Waals surface area (Å²) in [5, 5.41) is 9.34. The number of fused-ring (bicyclic) bond motifs is 1. The zero-order chi connectivity index (χ0) is 14.3. The monoisotopic (exact) mass is 274 g/mol. The lowest BCUT2D eigenvalue weighted by Crippen LogP contribution is -2.29. The van der Waals surface area contributed by atoms with Gasteiger partial charge in [0.25, 0.3) is 0 Å². The Morgan fingerprint density at radius 2 is 2.25 bits per heavy atom. The van der Waals surface area contributed by atoms with Gasteiger partial charge in [-0.15, -0.1) is 0 Å². The van der Waals surface area contributed by atoms with Crippen LogP contribution in [0.15, 0.2) is 16.5 Å². The van der Waals surface area contributed by atoms with Crippen molar-refractivity contribution in [1.29, 1.82) is 0 Å². The first kappa shape index (κ1) is 13.1. The van der Waals surface area contributed by atoms with Gasteiger partial charge in [0.1, 0.15) is 5.52 Å². The third-order valence-corrected chi connectivity index (χ3v) is 4.06. The largest absolute Gasteiger partial charge is 0.478 e. The molecule has 0 spiro atoms. The minimum absolute atomic E-state index is 0.151. The fourth-order valence-corrected chi connectivity index (χ4v) is 2.91. The Balaban J connectivity index is 2.10. The summed E-state index contributed by atoms with van der Waals surface area (Å²) in [4.78, 5) is 18.1. The Morgan fingerprint density at radius 1 is 1.45 bits per heavy atom. The first-order chi connectivity index (χ1) is 9.58. The molecule has 0 bridgehead atoms. The van der Waals surface area contributed by atoms with Gasteiger partial charge in [0, 0.05) is 0 Å². The number of carboxylic acids is 1. The maximum atomic E-state index is 11.4. The number of likely N-dealkylation sites (tertiary alicyclic amines) is 1. The van der Waals surface area contributed by atoms with Crippen molar-refractivity contribution < 1.29 is 14.3 Å². The van der Waals surface area contributed by atoms with Crippen LogP contribution in [0, 0.1) is 6.92 Å². The third-order valence-electron chi connectivity index (χ3n) is 4.06. The zero-order valence-corrected chi connectivity index (χ0v) is 11.7. The molecule has 1 aliphatic heterocycles. The number of hydrogen-bond acceptors (Lipinski definition) is 4. The van der Waals surface area contributed by atoms with Crippen LogP contribution in [0.3, 0.4) is 0 Å². The highest BCUT2D eigenvalue weighted by molar-refractivity contribution is 6.01. The quantitative estimate of drug-likeness (QED) is 0.911. The van der Waals surface area contributed by atoms with Crippen LogP contribution in [-0.4, -0.2) is 34.6 Å². The van der Waals surface area contributed by atoms with E-state index in [9.17, 15) is 9.90 Å². The molecule has 0 amide bonds. The molecule has 1 N–H and O–H groups in total. The van der Waals surface area contributed by atoms with E-state index in [-0.39, 0.29) is 11.6 Å². The number of carbonyl (C=O) groups is 1. The molecule has 5 heteroatoms. The Kier molecular flexibility index (Phi) is 3.22. The highest BCUT2D eigenvalue weighted by Crippen LogP contribution is 2.32. The van der Waals surface area contributed by atoms with Gasteiger partial charge in [-0.05, 0) is 45.0 Å². The maximum absolute atomic E-state index is 11.4. The fraction of sp³-hybridized carbons (Fsp3) is 0.467. The van der Waals surface area contributed by atoms with Gasteiger partial charge in [-0.1, -0.05) is 12.5 Å². The standard InChI is InChI=1S/C15H18N2O3/c1-9-6-7-11-13(12(9)15(18)19)16-14(20-11)10-5-3-4-8-17(10)2/h6-7,10H,3-5,8H2,1-2H3,(H,18,19). The van der Waals surface area contributed by atoms with Crippen molar-refractivity contribution in [2.24, 2.45) is 0 Å². The second-order valence-electron chi connectivity index (χ2n) is 5.45. The Morgan fingerprint density at radius 3 is 2.95 bits per heavy atom. The molecule has 2 heterocycles. The summed E-state index contributed by atoms with van der Waals surface area (Å²) in [5.41, 5.74) is 1.98. The lowest BCUT2D eigenvalue weighted by Gasteiger charge is -2.29. The number of oxazole rings is 1. The van der Waals surface area contributed by atoms with Crippen LogP contribution in [0.4, 0.5) is 0 Å². The van der Waals surface area contributed by atoms with Gasteiger partial charge >= 0.3 is 5.97 Å². The molecule has 3 rings (SSSR count). The molecule has 1 aliphatic rings. The van der Waals surface area contributed by atoms with Crippen LogP contribution in [0.1, 0.15) is 47.1 Å². The average Bonchev–Trinajstić information content (AvgIpc) is 2.82. The van der Waals surface area contributed by atoms with Gasteiger partial charge < -0.3 is 9.52 Å². The van der Waals surface area contributed by atoms with E-state index >= 15 is 0 Å². The summed E-state index contributed by atoms with van der Waals surface area (Å²) < 4.78 is 5.81. The summed E-state index contributed by atoms with van der Waals surface area (Å²) >= 11 is 0. The number of piperidine rings is 1. The number of hydrogen-bond donors (Lipinski definition) is 1. The summed E-state index contributed by atoms with van der Waals surface area (Å²) in [6.45, 7) is 2.80. The molecule has 20 heavy (non-hydrogen) atoms. The first-order valence-electron chi connectivity index (χ1n) is 6.91. The van der Waals surface area contributed by atoms with Crippen LogP contribution in [0.5, 0.6) is 0 Å². The minimum atomic E-state index is -0.954. The highest BCUT2D eigenvalue weighted by atomic mass is 16.4. The molecule has 1 fully saturated rings. The Hall–Kier alpha value is -1.88. The van der Waals surface area contributed by atoms with Crippen LogP contribution >= 0.6 is 0 Å². The second kappa shape index (κ2) is 4.90. The van der Waals surface area contributed by atoms with Crippen molar-refractivity contribution in [3.05, 3.63) is 29.2 Å². The molecule has 1 aromatic carbocycles. The van der Waals surface area contributed by atoms with Crippen LogP contribution in [-0.2, 0) is 0 Å². The van der Waals surface area contributed by atoms with Crippen molar-refractivity contribution in [2.75, 3.05) is 13.6 Å². The van der Waals surface area contributed by atoms with Crippen molar-refractivity contribution in [3.63, 3.8) is 0 Å². The molecule has 2 aromatic rings. The molecule has 1 atom stereocenters. The second-order valence-corrected chi connectivity index (χ2v) is 5.45. The average molecular weight is 274 g/mol. The predicted molar refractivity (Wildman–Crippen MR) is 74.9 cm³/mol. The molecule has 1 unspecified atom stereocenters. The molecule has 1 saturated heterocycles. The third kappa shape index (κ3) is 2.08. The molecule has 1 aromatic heterocycles. The molecule has 106 valence electrons. The van der Waals surface area contributed by atoms with Crippen LogP contribution in [0.2, 0.25) is 0 Å². The van der Waals surface area contributed by atoms with Gasteiger partial charge in [0.15, 0.2) is 5.58 Å². The van der Waals surface area contributed by atoms with E-state index in [0.717, 1.165) is 19.4 Å². The Bertz CT molecular complexity index is 662. The smallest absolute Gasteiger partial charge is 0.338 e. The molecular formula is C15H18N2O3.